The Labute approximate surface area is 169 Å². The summed E-state index contributed by atoms with van der Waals surface area (Å²) in [5, 5.41) is 2.03. The minimum atomic E-state index is 0.214. The summed E-state index contributed by atoms with van der Waals surface area (Å²) >= 11 is 1.64. The maximum absolute atomic E-state index is 12.7. The number of nitrogens with zero attached hydrogens (tertiary/aromatic N) is 3. The van der Waals surface area contributed by atoms with Crippen molar-refractivity contribution in [3.63, 3.8) is 0 Å². The monoisotopic (exact) mass is 395 g/mol. The second kappa shape index (κ2) is 8.29. The van der Waals surface area contributed by atoms with Crippen LogP contribution in [0.3, 0.4) is 0 Å². The topological polar surface area (TPSA) is 49.6 Å². The van der Waals surface area contributed by atoms with Gasteiger partial charge in [0.2, 0.25) is 11.8 Å². The lowest BCUT2D eigenvalue weighted by Crippen LogP contribution is -2.48. The smallest absolute Gasteiger partial charge is 0.236 e. The van der Waals surface area contributed by atoms with Crippen LogP contribution in [-0.2, 0) is 17.8 Å². The van der Waals surface area contributed by atoms with Gasteiger partial charge in [-0.05, 0) is 36.4 Å². The fourth-order valence-electron chi connectivity index (χ4n) is 3.53. The maximum atomic E-state index is 12.7. The van der Waals surface area contributed by atoms with Gasteiger partial charge in [-0.1, -0.05) is 30.3 Å². The van der Waals surface area contributed by atoms with Gasteiger partial charge >= 0.3 is 0 Å². The van der Waals surface area contributed by atoms with Gasteiger partial charge in [-0.15, -0.1) is 11.3 Å². The van der Waals surface area contributed by atoms with Gasteiger partial charge in [0.05, 0.1) is 17.0 Å². The Bertz CT molecular complexity index is 941. The first-order valence-corrected chi connectivity index (χ1v) is 10.5. The lowest BCUT2D eigenvalue weighted by atomic mass is 10.1. The molecule has 0 bridgehead atoms. The Morgan fingerprint density at radius 1 is 1.11 bits per heavy atom. The fourth-order valence-corrected chi connectivity index (χ4v) is 4.18. The summed E-state index contributed by atoms with van der Waals surface area (Å²) in [4.78, 5) is 22.7. The Morgan fingerprint density at radius 3 is 2.61 bits per heavy atom. The van der Waals surface area contributed by atoms with Crippen LogP contribution in [0.15, 0.2) is 46.2 Å². The highest BCUT2D eigenvalue weighted by Gasteiger charge is 2.23. The molecule has 1 aliphatic rings. The van der Waals surface area contributed by atoms with Gasteiger partial charge in [0.25, 0.3) is 0 Å². The highest BCUT2D eigenvalue weighted by molar-refractivity contribution is 7.13. The molecule has 1 fully saturated rings. The molecule has 0 unspecified atom stereocenters. The van der Waals surface area contributed by atoms with Crippen LogP contribution >= 0.6 is 11.3 Å². The van der Waals surface area contributed by atoms with Crippen LogP contribution in [-0.4, -0.2) is 46.9 Å². The number of carbonyl (C=O) groups excluding carboxylic acids is 1. The van der Waals surface area contributed by atoms with Gasteiger partial charge in [-0.25, -0.2) is 4.98 Å². The summed E-state index contributed by atoms with van der Waals surface area (Å²) in [5.41, 5.74) is 3.29. The third-order valence-electron chi connectivity index (χ3n) is 5.33. The summed E-state index contributed by atoms with van der Waals surface area (Å²) in [7, 11) is 0. The number of benzene rings is 1. The highest BCUT2D eigenvalue weighted by Crippen LogP contribution is 2.26. The summed E-state index contributed by atoms with van der Waals surface area (Å²) in [6, 6.07) is 12.1. The fraction of sp³-hybridized carbons (Fsp3) is 0.364. The Morgan fingerprint density at radius 2 is 1.89 bits per heavy atom. The van der Waals surface area contributed by atoms with E-state index in [0.29, 0.717) is 12.3 Å². The number of carbonyl (C=O) groups is 1. The number of piperazine rings is 1. The predicted octanol–water partition coefficient (Wildman–Crippen LogP) is 3.91. The van der Waals surface area contributed by atoms with Crippen molar-refractivity contribution in [1.82, 2.24) is 14.8 Å². The average Bonchev–Trinajstić information content (AvgIpc) is 3.35. The van der Waals surface area contributed by atoms with Gasteiger partial charge < -0.3 is 9.32 Å². The zero-order chi connectivity index (χ0) is 19.5. The summed E-state index contributed by atoms with van der Waals surface area (Å²) in [5.74, 6) is 1.79. The van der Waals surface area contributed by atoms with Crippen molar-refractivity contribution >= 4 is 17.2 Å². The van der Waals surface area contributed by atoms with Gasteiger partial charge in [0, 0.05) is 32.7 Å². The van der Waals surface area contributed by atoms with E-state index in [2.05, 4.69) is 22.9 Å². The molecule has 6 heteroatoms. The number of hydrogen-bond donors (Lipinski definition) is 0. The second-order valence-corrected chi connectivity index (χ2v) is 8.21. The van der Waals surface area contributed by atoms with Crippen LogP contribution in [0.5, 0.6) is 0 Å². The summed E-state index contributed by atoms with van der Waals surface area (Å²) in [6.07, 6.45) is 0.485. The first-order valence-electron chi connectivity index (χ1n) is 9.65. The van der Waals surface area contributed by atoms with Gasteiger partial charge in [-0.2, -0.15) is 0 Å². The second-order valence-electron chi connectivity index (χ2n) is 7.26. The van der Waals surface area contributed by atoms with Gasteiger partial charge in [0.15, 0.2) is 0 Å². The SMILES string of the molecule is Cc1ccccc1CC(=O)N1CCN(Cc2nc(-c3cccs3)oc2C)CC1. The van der Waals surface area contributed by atoms with E-state index in [1.165, 1.54) is 5.56 Å². The van der Waals surface area contributed by atoms with Crippen molar-refractivity contribution in [3.8, 4) is 10.8 Å². The number of hydrogen-bond acceptors (Lipinski definition) is 5. The maximum Gasteiger partial charge on any atom is 0.236 e. The van der Waals surface area contributed by atoms with Gasteiger partial charge in [-0.3, -0.25) is 9.69 Å². The van der Waals surface area contributed by atoms with Crippen LogP contribution in [0.25, 0.3) is 10.8 Å². The lowest BCUT2D eigenvalue weighted by molar-refractivity contribution is -0.132. The van der Waals surface area contributed by atoms with Crippen molar-refractivity contribution in [2.75, 3.05) is 26.2 Å². The number of thiophene rings is 1. The van der Waals surface area contributed by atoms with Crippen LogP contribution < -0.4 is 0 Å². The van der Waals surface area contributed by atoms with E-state index in [1.807, 2.05) is 47.5 Å². The molecule has 0 N–H and O–H groups in total. The van der Waals surface area contributed by atoms with Crippen molar-refractivity contribution in [3.05, 3.63) is 64.4 Å². The quantitative estimate of drug-likeness (QED) is 0.657. The lowest BCUT2D eigenvalue weighted by Gasteiger charge is -2.34. The molecule has 1 saturated heterocycles. The van der Waals surface area contributed by atoms with Crippen LogP contribution in [0.4, 0.5) is 0 Å². The molecular weight excluding hydrogens is 370 g/mol. The molecule has 0 spiro atoms. The van der Waals surface area contributed by atoms with Crippen LogP contribution in [0.2, 0.25) is 0 Å². The summed E-state index contributed by atoms with van der Waals surface area (Å²) < 4.78 is 5.85. The zero-order valence-corrected chi connectivity index (χ0v) is 17.2. The van der Waals surface area contributed by atoms with E-state index in [9.17, 15) is 4.79 Å². The molecule has 1 amide bonds. The molecule has 28 heavy (non-hydrogen) atoms. The third kappa shape index (κ3) is 4.18. The number of oxazole rings is 1. The van der Waals surface area contributed by atoms with E-state index in [-0.39, 0.29) is 5.91 Å². The van der Waals surface area contributed by atoms with Crippen LogP contribution in [0.1, 0.15) is 22.6 Å². The minimum Gasteiger partial charge on any atom is -0.440 e. The van der Waals surface area contributed by atoms with Gasteiger partial charge in [0.1, 0.15) is 5.76 Å². The first kappa shape index (κ1) is 18.9. The standard InChI is InChI=1S/C22H25N3O2S/c1-16-6-3-4-7-18(16)14-21(26)25-11-9-24(10-12-25)15-19-17(2)27-22(23-19)20-8-5-13-28-20/h3-8,13H,9-12,14-15H2,1-2H3. The molecule has 2 aromatic heterocycles. The molecule has 146 valence electrons. The number of aromatic nitrogens is 1. The molecule has 3 heterocycles. The van der Waals surface area contributed by atoms with Crippen molar-refractivity contribution in [2.24, 2.45) is 0 Å². The highest BCUT2D eigenvalue weighted by atomic mass is 32.1. The molecule has 0 aliphatic carbocycles. The first-order chi connectivity index (χ1) is 13.6. The van der Waals surface area contributed by atoms with Crippen molar-refractivity contribution in [1.29, 1.82) is 0 Å². The number of amides is 1. The minimum absolute atomic E-state index is 0.214. The normalized spacial score (nSPS) is 15.1. The molecule has 0 atom stereocenters. The van der Waals surface area contributed by atoms with E-state index in [0.717, 1.165) is 54.6 Å². The molecule has 0 saturated carbocycles. The molecule has 5 nitrogen and oxygen atoms in total. The predicted molar refractivity (Wildman–Crippen MR) is 111 cm³/mol. The van der Waals surface area contributed by atoms with Crippen LogP contribution in [0, 0.1) is 13.8 Å². The van der Waals surface area contributed by atoms with Crippen molar-refractivity contribution < 1.29 is 9.21 Å². The van der Waals surface area contributed by atoms with E-state index < -0.39 is 0 Å². The van der Waals surface area contributed by atoms with E-state index in [4.69, 9.17) is 4.42 Å². The Balaban J connectivity index is 1.32. The van der Waals surface area contributed by atoms with E-state index >= 15 is 0 Å². The summed E-state index contributed by atoms with van der Waals surface area (Å²) in [6.45, 7) is 8.05. The van der Waals surface area contributed by atoms with Crippen molar-refractivity contribution in [2.45, 2.75) is 26.8 Å². The Kier molecular flexibility index (Phi) is 5.59. The number of rotatable bonds is 5. The molecule has 3 aromatic rings. The Hall–Kier alpha value is -2.44. The largest absolute Gasteiger partial charge is 0.440 e. The third-order valence-corrected chi connectivity index (χ3v) is 6.18. The average molecular weight is 396 g/mol. The number of aryl methyl sites for hydroxylation is 2. The zero-order valence-electron chi connectivity index (χ0n) is 16.4. The van der Waals surface area contributed by atoms with E-state index in [1.54, 1.807) is 11.3 Å². The molecule has 4 rings (SSSR count). The molecular formula is C22H25N3O2S. The molecule has 1 aromatic carbocycles. The molecule has 1 aliphatic heterocycles. The molecule has 0 radical (unpaired) electrons.